The molecule has 1 heterocycles. The number of para-hydroxylation sites is 2. The highest BCUT2D eigenvalue weighted by molar-refractivity contribution is 6.39. The minimum Gasteiger partial charge on any atom is -0.392 e. The summed E-state index contributed by atoms with van der Waals surface area (Å²) in [4.78, 5) is 7.66. The lowest BCUT2D eigenvalue weighted by Crippen LogP contribution is -1.89. The fourth-order valence-electron chi connectivity index (χ4n) is 2.01. The Hall–Kier alpha value is -1.55. The van der Waals surface area contributed by atoms with Crippen LogP contribution in [-0.2, 0) is 6.61 Å². The average Bonchev–Trinajstić information content (AvgIpc) is 2.80. The van der Waals surface area contributed by atoms with E-state index >= 15 is 0 Å². The molecule has 0 fully saturated rings. The molecule has 1 aromatic heterocycles. The van der Waals surface area contributed by atoms with Crippen molar-refractivity contribution in [2.24, 2.45) is 0 Å². The van der Waals surface area contributed by atoms with E-state index in [-0.39, 0.29) is 6.61 Å². The van der Waals surface area contributed by atoms with Crippen molar-refractivity contribution in [1.29, 1.82) is 0 Å². The first-order valence-corrected chi connectivity index (χ1v) is 6.48. The van der Waals surface area contributed by atoms with Gasteiger partial charge in [0, 0.05) is 0 Å². The number of aromatic amines is 1. The van der Waals surface area contributed by atoms with Crippen molar-refractivity contribution in [3.05, 3.63) is 52.0 Å². The van der Waals surface area contributed by atoms with Crippen molar-refractivity contribution >= 4 is 34.2 Å². The second-order valence-corrected chi connectivity index (χ2v) is 5.01. The van der Waals surface area contributed by atoms with Gasteiger partial charge in [0.2, 0.25) is 0 Å². The fourth-order valence-corrected chi connectivity index (χ4v) is 2.73. The third-order valence-corrected chi connectivity index (χ3v) is 3.51. The van der Waals surface area contributed by atoms with E-state index in [9.17, 15) is 0 Å². The van der Waals surface area contributed by atoms with Crippen LogP contribution in [0.25, 0.3) is 22.4 Å². The average molecular weight is 293 g/mol. The number of imidazole rings is 1. The van der Waals surface area contributed by atoms with Gasteiger partial charge in [0.15, 0.2) is 0 Å². The lowest BCUT2D eigenvalue weighted by molar-refractivity contribution is 0.282. The van der Waals surface area contributed by atoms with E-state index < -0.39 is 0 Å². The van der Waals surface area contributed by atoms with E-state index in [4.69, 9.17) is 28.3 Å². The molecule has 0 saturated heterocycles. The van der Waals surface area contributed by atoms with Crippen LogP contribution >= 0.6 is 23.2 Å². The summed E-state index contributed by atoms with van der Waals surface area (Å²) in [5, 5.41) is 10.1. The minimum atomic E-state index is -0.0974. The second-order valence-electron chi connectivity index (χ2n) is 4.20. The van der Waals surface area contributed by atoms with Crippen LogP contribution in [0.3, 0.4) is 0 Å². The standard InChI is InChI=1S/C14H10Cl2N2O/c15-9-5-8(7-19)6-10(16)13(9)14-17-11-3-1-2-4-12(11)18-14/h1-6,19H,7H2,(H,17,18). The third-order valence-electron chi connectivity index (χ3n) is 2.91. The van der Waals surface area contributed by atoms with Gasteiger partial charge < -0.3 is 10.1 Å². The summed E-state index contributed by atoms with van der Waals surface area (Å²) >= 11 is 12.4. The first-order valence-electron chi connectivity index (χ1n) is 5.73. The lowest BCUT2D eigenvalue weighted by atomic mass is 10.1. The smallest absolute Gasteiger partial charge is 0.141 e. The minimum absolute atomic E-state index is 0.0974. The predicted octanol–water partition coefficient (Wildman–Crippen LogP) is 4.03. The number of benzene rings is 2. The molecule has 19 heavy (non-hydrogen) atoms. The Morgan fingerprint density at radius 3 is 2.42 bits per heavy atom. The molecule has 0 spiro atoms. The van der Waals surface area contributed by atoms with E-state index in [1.165, 1.54) is 0 Å². The summed E-state index contributed by atoms with van der Waals surface area (Å²) in [6.45, 7) is -0.0974. The Labute approximate surface area is 119 Å². The van der Waals surface area contributed by atoms with Gasteiger partial charge in [0.25, 0.3) is 0 Å². The molecule has 0 unspecified atom stereocenters. The molecule has 0 saturated carbocycles. The number of nitrogens with zero attached hydrogens (tertiary/aromatic N) is 1. The van der Waals surface area contributed by atoms with Crippen LogP contribution in [0.2, 0.25) is 10.0 Å². The normalized spacial score (nSPS) is 11.1. The summed E-state index contributed by atoms with van der Waals surface area (Å²) in [5.41, 5.74) is 3.11. The summed E-state index contributed by atoms with van der Waals surface area (Å²) in [7, 11) is 0. The molecule has 0 aliphatic rings. The number of rotatable bonds is 2. The monoisotopic (exact) mass is 292 g/mol. The largest absolute Gasteiger partial charge is 0.392 e. The number of H-pyrrole nitrogens is 1. The van der Waals surface area contributed by atoms with Crippen LogP contribution in [-0.4, -0.2) is 15.1 Å². The maximum absolute atomic E-state index is 9.12. The number of aliphatic hydroxyl groups excluding tert-OH is 1. The highest BCUT2D eigenvalue weighted by atomic mass is 35.5. The first kappa shape index (κ1) is 12.5. The van der Waals surface area contributed by atoms with Gasteiger partial charge in [-0.15, -0.1) is 0 Å². The van der Waals surface area contributed by atoms with Gasteiger partial charge in [-0.3, -0.25) is 0 Å². The Bertz CT molecular complexity index is 696. The van der Waals surface area contributed by atoms with Crippen LogP contribution in [0.4, 0.5) is 0 Å². The molecule has 0 aliphatic carbocycles. The van der Waals surface area contributed by atoms with Gasteiger partial charge in [0.1, 0.15) is 5.82 Å². The van der Waals surface area contributed by atoms with E-state index in [0.29, 0.717) is 27.0 Å². The van der Waals surface area contributed by atoms with E-state index in [1.54, 1.807) is 12.1 Å². The van der Waals surface area contributed by atoms with Crippen molar-refractivity contribution < 1.29 is 5.11 Å². The molecule has 3 aromatic rings. The SMILES string of the molecule is OCc1cc(Cl)c(-c2nc3ccccc3[nH]2)c(Cl)c1. The first-order chi connectivity index (χ1) is 9.19. The molecule has 2 N–H and O–H groups in total. The fraction of sp³-hybridized carbons (Fsp3) is 0.0714. The van der Waals surface area contributed by atoms with Crippen LogP contribution in [0.1, 0.15) is 5.56 Å². The molecule has 3 nitrogen and oxygen atoms in total. The number of aromatic nitrogens is 2. The van der Waals surface area contributed by atoms with Crippen LogP contribution in [0, 0.1) is 0 Å². The second kappa shape index (κ2) is 4.85. The van der Waals surface area contributed by atoms with Crippen LogP contribution in [0.15, 0.2) is 36.4 Å². The Morgan fingerprint density at radius 2 is 1.79 bits per heavy atom. The molecule has 2 aromatic carbocycles. The van der Waals surface area contributed by atoms with Crippen LogP contribution < -0.4 is 0 Å². The number of hydrogen-bond acceptors (Lipinski definition) is 2. The zero-order valence-electron chi connectivity index (χ0n) is 9.82. The highest BCUT2D eigenvalue weighted by Crippen LogP contribution is 2.35. The summed E-state index contributed by atoms with van der Waals surface area (Å²) in [6, 6.07) is 11.1. The van der Waals surface area contributed by atoms with Gasteiger partial charge in [-0.2, -0.15) is 0 Å². The maximum atomic E-state index is 9.12. The zero-order chi connectivity index (χ0) is 13.4. The van der Waals surface area contributed by atoms with Crippen molar-refractivity contribution in [1.82, 2.24) is 9.97 Å². The topological polar surface area (TPSA) is 48.9 Å². The molecular formula is C14H10Cl2N2O. The molecule has 0 atom stereocenters. The van der Waals surface area contributed by atoms with E-state index in [1.807, 2.05) is 24.3 Å². The Morgan fingerprint density at radius 1 is 1.11 bits per heavy atom. The predicted molar refractivity (Wildman–Crippen MR) is 77.5 cm³/mol. The van der Waals surface area contributed by atoms with Gasteiger partial charge in [0.05, 0.1) is 33.2 Å². The molecule has 0 radical (unpaired) electrons. The van der Waals surface area contributed by atoms with Crippen molar-refractivity contribution in [2.75, 3.05) is 0 Å². The highest BCUT2D eigenvalue weighted by Gasteiger charge is 2.14. The van der Waals surface area contributed by atoms with E-state index in [0.717, 1.165) is 11.0 Å². The maximum Gasteiger partial charge on any atom is 0.141 e. The molecule has 5 heteroatoms. The molecule has 0 bridgehead atoms. The summed E-state index contributed by atoms with van der Waals surface area (Å²) in [6.07, 6.45) is 0. The Balaban J connectivity index is 2.21. The molecule has 0 aliphatic heterocycles. The quantitative estimate of drug-likeness (QED) is 0.749. The number of fused-ring (bicyclic) bond motifs is 1. The van der Waals surface area contributed by atoms with Crippen molar-refractivity contribution in [3.63, 3.8) is 0 Å². The number of nitrogens with one attached hydrogen (secondary N) is 1. The van der Waals surface area contributed by atoms with Crippen molar-refractivity contribution in [3.8, 4) is 11.4 Å². The molecule has 0 amide bonds. The lowest BCUT2D eigenvalue weighted by Gasteiger charge is -2.06. The summed E-state index contributed by atoms with van der Waals surface area (Å²) in [5.74, 6) is 0.626. The molecule has 3 rings (SSSR count). The van der Waals surface area contributed by atoms with Gasteiger partial charge in [-0.05, 0) is 29.8 Å². The van der Waals surface area contributed by atoms with Crippen LogP contribution in [0.5, 0.6) is 0 Å². The van der Waals surface area contributed by atoms with Crippen molar-refractivity contribution in [2.45, 2.75) is 6.61 Å². The number of aliphatic hydroxyl groups is 1. The van der Waals surface area contributed by atoms with Gasteiger partial charge in [-0.1, -0.05) is 35.3 Å². The third kappa shape index (κ3) is 2.21. The van der Waals surface area contributed by atoms with Gasteiger partial charge >= 0.3 is 0 Å². The Kier molecular flexibility index (Phi) is 3.19. The number of halogens is 2. The zero-order valence-corrected chi connectivity index (χ0v) is 11.3. The molecular weight excluding hydrogens is 283 g/mol. The van der Waals surface area contributed by atoms with Gasteiger partial charge in [-0.25, -0.2) is 4.98 Å². The van der Waals surface area contributed by atoms with E-state index in [2.05, 4.69) is 9.97 Å². The summed E-state index contributed by atoms with van der Waals surface area (Å²) < 4.78 is 0. The number of hydrogen-bond donors (Lipinski definition) is 2. The molecule has 96 valence electrons.